The topological polar surface area (TPSA) is 75.4 Å². The summed E-state index contributed by atoms with van der Waals surface area (Å²) >= 11 is 0. The Bertz CT molecular complexity index is 571. The first-order valence-electron chi connectivity index (χ1n) is 7.23. The fourth-order valence-corrected chi connectivity index (χ4v) is 3.01. The van der Waals surface area contributed by atoms with E-state index in [0.29, 0.717) is 18.5 Å². The summed E-state index contributed by atoms with van der Waals surface area (Å²) in [5.74, 6) is -1.44. The largest absolute Gasteiger partial charge is 0.481 e. The average Bonchev–Trinajstić information content (AvgIpc) is 2.91. The average molecular weight is 293 g/mol. The minimum Gasteiger partial charge on any atom is -0.481 e. The molecule has 2 atom stereocenters. The zero-order valence-corrected chi connectivity index (χ0v) is 13.3. The molecule has 1 aliphatic heterocycles. The predicted octanol–water partition coefficient (Wildman–Crippen LogP) is 1.88. The van der Waals surface area contributed by atoms with Gasteiger partial charge in [0.25, 0.3) is 5.91 Å². The molecule has 1 fully saturated rings. The van der Waals surface area contributed by atoms with E-state index < -0.39 is 11.9 Å². The molecule has 1 amide bonds. The van der Waals surface area contributed by atoms with E-state index in [1.807, 2.05) is 32.4 Å². The van der Waals surface area contributed by atoms with Gasteiger partial charge in [-0.25, -0.2) is 0 Å². The molecule has 21 heavy (non-hydrogen) atoms. The summed E-state index contributed by atoms with van der Waals surface area (Å²) in [6.45, 7) is 10.2. The zero-order chi connectivity index (χ0) is 15.9. The number of rotatable bonds is 2. The first kappa shape index (κ1) is 15.5. The van der Waals surface area contributed by atoms with Crippen LogP contribution in [-0.2, 0) is 10.3 Å². The predicted molar refractivity (Wildman–Crippen MR) is 78.2 cm³/mol. The number of carbonyl (C=O) groups excluding carboxylic acids is 1. The Morgan fingerprint density at radius 2 is 2.00 bits per heavy atom. The van der Waals surface area contributed by atoms with Crippen LogP contribution in [0.5, 0.6) is 0 Å². The molecule has 116 valence electrons. The van der Waals surface area contributed by atoms with Crippen molar-refractivity contribution in [2.24, 2.45) is 5.92 Å². The molecule has 1 saturated heterocycles. The number of carboxylic acid groups (broad SMARTS) is 1. The fourth-order valence-electron chi connectivity index (χ4n) is 3.01. The number of nitrogens with zero attached hydrogens (tertiary/aromatic N) is 3. The van der Waals surface area contributed by atoms with Gasteiger partial charge >= 0.3 is 5.97 Å². The van der Waals surface area contributed by atoms with Crippen LogP contribution in [0.15, 0.2) is 6.20 Å². The third-order valence-corrected chi connectivity index (χ3v) is 4.21. The van der Waals surface area contributed by atoms with Gasteiger partial charge in [-0.05, 0) is 41.0 Å². The summed E-state index contributed by atoms with van der Waals surface area (Å²) in [6.07, 6.45) is 2.10. The van der Waals surface area contributed by atoms with Crippen molar-refractivity contribution in [3.8, 4) is 0 Å². The monoisotopic (exact) mass is 293 g/mol. The van der Waals surface area contributed by atoms with Gasteiger partial charge in [0.1, 0.15) is 0 Å². The molecule has 1 aromatic rings. The van der Waals surface area contributed by atoms with E-state index in [1.165, 1.54) is 0 Å². The molecule has 2 heterocycles. The van der Waals surface area contributed by atoms with Crippen molar-refractivity contribution in [1.29, 1.82) is 0 Å². The lowest BCUT2D eigenvalue weighted by Crippen LogP contribution is -2.38. The fraction of sp³-hybridized carbons (Fsp3) is 0.667. The van der Waals surface area contributed by atoms with Crippen LogP contribution in [0.1, 0.15) is 50.2 Å². The number of likely N-dealkylation sites (tertiary alicyclic amines) is 1. The molecule has 0 spiro atoms. The van der Waals surface area contributed by atoms with Crippen LogP contribution in [-0.4, -0.2) is 44.3 Å². The number of carbonyl (C=O) groups is 2. The maximum Gasteiger partial charge on any atom is 0.308 e. The summed E-state index contributed by atoms with van der Waals surface area (Å²) in [5, 5.41) is 13.5. The summed E-state index contributed by atoms with van der Waals surface area (Å²) < 4.78 is 1.83. The van der Waals surface area contributed by atoms with Crippen LogP contribution < -0.4 is 0 Å². The highest BCUT2D eigenvalue weighted by Gasteiger charge is 2.39. The molecule has 0 saturated carbocycles. The molecule has 0 aromatic carbocycles. The van der Waals surface area contributed by atoms with Gasteiger partial charge in [-0.2, -0.15) is 5.10 Å². The van der Waals surface area contributed by atoms with Gasteiger partial charge in [0, 0.05) is 18.3 Å². The van der Waals surface area contributed by atoms with Crippen LogP contribution >= 0.6 is 0 Å². The van der Waals surface area contributed by atoms with E-state index in [-0.39, 0.29) is 17.5 Å². The highest BCUT2D eigenvalue weighted by atomic mass is 16.4. The number of aromatic nitrogens is 2. The third kappa shape index (κ3) is 2.66. The van der Waals surface area contributed by atoms with Gasteiger partial charge in [0.2, 0.25) is 0 Å². The molecule has 2 unspecified atom stereocenters. The van der Waals surface area contributed by atoms with Crippen LogP contribution in [0.2, 0.25) is 0 Å². The second-order valence-corrected chi connectivity index (χ2v) is 6.70. The van der Waals surface area contributed by atoms with Gasteiger partial charge in [-0.1, -0.05) is 0 Å². The van der Waals surface area contributed by atoms with Crippen molar-refractivity contribution in [2.75, 3.05) is 6.54 Å². The van der Waals surface area contributed by atoms with Gasteiger partial charge in [0.15, 0.2) is 0 Å². The van der Waals surface area contributed by atoms with Gasteiger partial charge in [-0.15, -0.1) is 0 Å². The second kappa shape index (κ2) is 5.16. The molecule has 6 nitrogen and oxygen atoms in total. The molecule has 0 radical (unpaired) electrons. The molecular formula is C15H23N3O3. The van der Waals surface area contributed by atoms with Gasteiger partial charge in [0.05, 0.1) is 23.2 Å². The quantitative estimate of drug-likeness (QED) is 0.903. The van der Waals surface area contributed by atoms with E-state index in [0.717, 1.165) is 5.69 Å². The van der Waals surface area contributed by atoms with Crippen molar-refractivity contribution in [3.05, 3.63) is 17.5 Å². The van der Waals surface area contributed by atoms with Crippen LogP contribution in [0.25, 0.3) is 0 Å². The zero-order valence-electron chi connectivity index (χ0n) is 13.3. The molecule has 6 heteroatoms. The first-order valence-corrected chi connectivity index (χ1v) is 7.23. The minimum atomic E-state index is -0.833. The Hall–Kier alpha value is -1.85. The first-order chi connectivity index (χ1) is 9.64. The number of carboxylic acids is 1. The Morgan fingerprint density at radius 1 is 1.38 bits per heavy atom. The molecule has 0 aliphatic carbocycles. The summed E-state index contributed by atoms with van der Waals surface area (Å²) in [7, 11) is 0. The van der Waals surface area contributed by atoms with E-state index in [9.17, 15) is 9.59 Å². The summed E-state index contributed by atoms with van der Waals surface area (Å²) in [5.41, 5.74) is 1.18. The molecule has 1 aliphatic rings. The van der Waals surface area contributed by atoms with Crippen LogP contribution in [0, 0.1) is 12.8 Å². The lowest BCUT2D eigenvalue weighted by molar-refractivity contribution is -0.142. The summed E-state index contributed by atoms with van der Waals surface area (Å²) in [4.78, 5) is 25.5. The maximum atomic E-state index is 12.7. The lowest BCUT2D eigenvalue weighted by Gasteiger charge is -2.24. The van der Waals surface area contributed by atoms with E-state index in [4.69, 9.17) is 5.11 Å². The van der Waals surface area contributed by atoms with E-state index in [2.05, 4.69) is 5.10 Å². The molecule has 0 bridgehead atoms. The smallest absolute Gasteiger partial charge is 0.308 e. The SMILES string of the molecule is Cc1c(C(=O)N2CCC(C(=O)O)C2C)cnn1C(C)(C)C. The highest BCUT2D eigenvalue weighted by Crippen LogP contribution is 2.27. The van der Waals surface area contributed by atoms with Crippen LogP contribution in [0.3, 0.4) is 0 Å². The molecule has 1 aromatic heterocycles. The second-order valence-electron chi connectivity index (χ2n) is 6.70. The van der Waals surface area contributed by atoms with Gasteiger partial charge < -0.3 is 10.0 Å². The van der Waals surface area contributed by atoms with Crippen molar-refractivity contribution in [1.82, 2.24) is 14.7 Å². The number of aliphatic carboxylic acids is 1. The normalized spacial score (nSPS) is 22.6. The molecule has 1 N–H and O–H groups in total. The van der Waals surface area contributed by atoms with Crippen molar-refractivity contribution < 1.29 is 14.7 Å². The lowest BCUT2D eigenvalue weighted by atomic mass is 10.0. The third-order valence-electron chi connectivity index (χ3n) is 4.21. The standard InChI is InChI=1S/C15H23N3O3/c1-9-11(14(20)21)6-7-17(9)13(19)12-8-16-18(10(12)2)15(3,4)5/h8-9,11H,6-7H2,1-5H3,(H,20,21). The number of hydrogen-bond donors (Lipinski definition) is 1. The molecule has 2 rings (SSSR count). The Kier molecular flexibility index (Phi) is 3.82. The Labute approximate surface area is 124 Å². The Morgan fingerprint density at radius 3 is 2.43 bits per heavy atom. The maximum absolute atomic E-state index is 12.7. The van der Waals surface area contributed by atoms with Crippen LogP contribution in [0.4, 0.5) is 0 Å². The van der Waals surface area contributed by atoms with E-state index >= 15 is 0 Å². The Balaban J connectivity index is 2.26. The highest BCUT2D eigenvalue weighted by molar-refractivity contribution is 5.96. The number of amides is 1. The summed E-state index contributed by atoms with van der Waals surface area (Å²) in [6, 6.07) is -0.285. The molecular weight excluding hydrogens is 270 g/mol. The van der Waals surface area contributed by atoms with Crippen molar-refractivity contribution >= 4 is 11.9 Å². The van der Waals surface area contributed by atoms with E-state index in [1.54, 1.807) is 18.0 Å². The van der Waals surface area contributed by atoms with Crippen molar-refractivity contribution in [3.63, 3.8) is 0 Å². The number of hydrogen-bond acceptors (Lipinski definition) is 3. The van der Waals surface area contributed by atoms with Crippen molar-refractivity contribution in [2.45, 2.75) is 52.6 Å². The van der Waals surface area contributed by atoms with Gasteiger partial charge in [-0.3, -0.25) is 14.3 Å². The minimum absolute atomic E-state index is 0.126.